The van der Waals surface area contributed by atoms with Gasteiger partial charge in [0, 0.05) is 12.3 Å². The molecule has 1 aromatic rings. The van der Waals surface area contributed by atoms with E-state index in [1.807, 2.05) is 30.3 Å². The molecule has 0 aliphatic carbocycles. The highest BCUT2D eigenvalue weighted by atomic mass is 16.5. The van der Waals surface area contributed by atoms with Crippen LogP contribution in [0.15, 0.2) is 35.9 Å². The van der Waals surface area contributed by atoms with Crippen LogP contribution in [0.25, 0.3) is 6.08 Å². The first-order valence-electron chi connectivity index (χ1n) is 5.02. The second-order valence-electron chi connectivity index (χ2n) is 3.55. The molecule has 0 aromatic heterocycles. The molecule has 0 spiro atoms. The van der Waals surface area contributed by atoms with Crippen molar-refractivity contribution in [3.8, 4) is 0 Å². The Morgan fingerprint density at radius 1 is 1.20 bits per heavy atom. The minimum absolute atomic E-state index is 0.485. The SMILES string of the molecule is O=CC[C]1COC/C1=C/c1ccccc1. The molecule has 0 saturated carbocycles. The fourth-order valence-corrected chi connectivity index (χ4v) is 1.66. The maximum Gasteiger partial charge on any atom is 0.120 e. The number of ether oxygens (including phenoxy) is 1. The second kappa shape index (κ2) is 4.89. The monoisotopic (exact) mass is 201 g/mol. The van der Waals surface area contributed by atoms with Gasteiger partial charge >= 0.3 is 0 Å². The summed E-state index contributed by atoms with van der Waals surface area (Å²) in [5.41, 5.74) is 2.30. The molecule has 0 N–H and O–H groups in total. The van der Waals surface area contributed by atoms with Crippen LogP contribution in [0.1, 0.15) is 12.0 Å². The maximum atomic E-state index is 10.5. The van der Waals surface area contributed by atoms with E-state index in [0.29, 0.717) is 19.6 Å². The second-order valence-corrected chi connectivity index (χ2v) is 3.55. The molecule has 15 heavy (non-hydrogen) atoms. The largest absolute Gasteiger partial charge is 0.376 e. The average Bonchev–Trinajstić information content (AvgIpc) is 2.68. The van der Waals surface area contributed by atoms with Crippen LogP contribution in [0, 0.1) is 5.92 Å². The Morgan fingerprint density at radius 2 is 2.00 bits per heavy atom. The van der Waals surface area contributed by atoms with E-state index in [1.54, 1.807) is 0 Å². The zero-order valence-electron chi connectivity index (χ0n) is 8.48. The highest BCUT2D eigenvalue weighted by Crippen LogP contribution is 2.26. The van der Waals surface area contributed by atoms with Crippen LogP contribution >= 0.6 is 0 Å². The summed E-state index contributed by atoms with van der Waals surface area (Å²) in [6.07, 6.45) is 3.51. The van der Waals surface area contributed by atoms with E-state index in [0.717, 1.165) is 23.3 Å². The third kappa shape index (κ3) is 2.54. The molecule has 1 aliphatic heterocycles. The Bertz CT molecular complexity index is 354. The van der Waals surface area contributed by atoms with Gasteiger partial charge in [-0.25, -0.2) is 0 Å². The molecule has 0 unspecified atom stereocenters. The molecule has 2 rings (SSSR count). The lowest BCUT2D eigenvalue weighted by Crippen LogP contribution is -1.99. The van der Waals surface area contributed by atoms with Gasteiger partial charge in [-0.3, -0.25) is 0 Å². The molecule has 1 radical (unpaired) electrons. The van der Waals surface area contributed by atoms with Crippen LogP contribution in [0.5, 0.6) is 0 Å². The van der Waals surface area contributed by atoms with Crippen LogP contribution in [0.2, 0.25) is 0 Å². The quantitative estimate of drug-likeness (QED) is 0.701. The van der Waals surface area contributed by atoms with Crippen LogP contribution in [-0.2, 0) is 9.53 Å². The van der Waals surface area contributed by atoms with Gasteiger partial charge in [-0.1, -0.05) is 36.4 Å². The average molecular weight is 201 g/mol. The molecule has 1 aliphatic rings. The molecule has 0 amide bonds. The van der Waals surface area contributed by atoms with E-state index in [9.17, 15) is 4.79 Å². The van der Waals surface area contributed by atoms with Crippen molar-refractivity contribution < 1.29 is 9.53 Å². The van der Waals surface area contributed by atoms with Crippen LogP contribution in [0.4, 0.5) is 0 Å². The van der Waals surface area contributed by atoms with Gasteiger partial charge in [-0.2, -0.15) is 0 Å². The number of aldehydes is 1. The molecular formula is C13H13O2. The fraction of sp³-hybridized carbons (Fsp3) is 0.231. The van der Waals surface area contributed by atoms with Gasteiger partial charge in [-0.05, 0) is 11.1 Å². The van der Waals surface area contributed by atoms with Crippen molar-refractivity contribution in [1.82, 2.24) is 0 Å². The first-order valence-corrected chi connectivity index (χ1v) is 5.02. The highest BCUT2D eigenvalue weighted by molar-refractivity contribution is 5.63. The molecule has 1 aromatic carbocycles. The van der Waals surface area contributed by atoms with Gasteiger partial charge in [0.1, 0.15) is 6.29 Å². The molecule has 1 saturated heterocycles. The maximum absolute atomic E-state index is 10.5. The minimum Gasteiger partial charge on any atom is -0.376 e. The lowest BCUT2D eigenvalue weighted by atomic mass is 9.98. The van der Waals surface area contributed by atoms with E-state index in [2.05, 4.69) is 6.08 Å². The normalized spacial score (nSPS) is 19.6. The van der Waals surface area contributed by atoms with Crippen molar-refractivity contribution in [2.45, 2.75) is 6.42 Å². The van der Waals surface area contributed by atoms with Gasteiger partial charge in [0.05, 0.1) is 13.2 Å². The molecule has 2 heteroatoms. The summed E-state index contributed by atoms with van der Waals surface area (Å²) in [6, 6.07) is 10.1. The first kappa shape index (κ1) is 10.1. The summed E-state index contributed by atoms with van der Waals surface area (Å²) in [5.74, 6) is 1.11. The molecule has 0 bridgehead atoms. The lowest BCUT2D eigenvalue weighted by Gasteiger charge is -2.04. The minimum atomic E-state index is 0.485. The Hall–Kier alpha value is -1.41. The predicted molar refractivity (Wildman–Crippen MR) is 59.2 cm³/mol. The number of benzene rings is 1. The first-order chi connectivity index (χ1) is 7.40. The summed E-state index contributed by atoms with van der Waals surface area (Å²) >= 11 is 0. The summed E-state index contributed by atoms with van der Waals surface area (Å²) in [5, 5.41) is 0. The fourth-order valence-electron chi connectivity index (χ4n) is 1.66. The van der Waals surface area contributed by atoms with Gasteiger partial charge in [-0.15, -0.1) is 0 Å². The summed E-state index contributed by atoms with van der Waals surface area (Å²) in [7, 11) is 0. The van der Waals surface area contributed by atoms with Crippen molar-refractivity contribution >= 4 is 12.4 Å². The van der Waals surface area contributed by atoms with E-state index in [4.69, 9.17) is 4.74 Å². The standard InChI is InChI=1S/C13H13O2/c14-7-6-12-9-15-10-13(12)8-11-4-2-1-3-5-11/h1-5,7-8H,6,9-10H2/b13-8-. The Kier molecular flexibility index (Phi) is 3.30. The van der Waals surface area contributed by atoms with Crippen molar-refractivity contribution in [1.29, 1.82) is 0 Å². The highest BCUT2D eigenvalue weighted by Gasteiger charge is 2.21. The number of rotatable bonds is 3. The molecule has 1 heterocycles. The number of carbonyl (C=O) groups excluding carboxylic acids is 1. The Morgan fingerprint density at radius 3 is 2.73 bits per heavy atom. The third-order valence-corrected chi connectivity index (χ3v) is 2.46. The van der Waals surface area contributed by atoms with Gasteiger partial charge in [0.15, 0.2) is 0 Å². The van der Waals surface area contributed by atoms with E-state index < -0.39 is 0 Å². The number of carbonyl (C=O) groups is 1. The van der Waals surface area contributed by atoms with Crippen molar-refractivity contribution in [2.75, 3.05) is 13.2 Å². The van der Waals surface area contributed by atoms with E-state index >= 15 is 0 Å². The number of hydrogen-bond donors (Lipinski definition) is 0. The lowest BCUT2D eigenvalue weighted by molar-refractivity contribution is -0.107. The van der Waals surface area contributed by atoms with Gasteiger partial charge < -0.3 is 9.53 Å². The van der Waals surface area contributed by atoms with Crippen molar-refractivity contribution in [3.05, 3.63) is 47.4 Å². The molecule has 0 atom stereocenters. The zero-order chi connectivity index (χ0) is 10.5. The Balaban J connectivity index is 2.15. The molecule has 2 nitrogen and oxygen atoms in total. The van der Waals surface area contributed by atoms with Crippen molar-refractivity contribution in [3.63, 3.8) is 0 Å². The van der Waals surface area contributed by atoms with Gasteiger partial charge in [0.2, 0.25) is 0 Å². The van der Waals surface area contributed by atoms with Crippen molar-refractivity contribution in [2.24, 2.45) is 0 Å². The molecule has 1 fully saturated rings. The zero-order valence-corrected chi connectivity index (χ0v) is 8.48. The molecular weight excluding hydrogens is 188 g/mol. The molecule has 77 valence electrons. The Labute approximate surface area is 89.6 Å². The van der Waals surface area contributed by atoms with Crippen LogP contribution in [-0.4, -0.2) is 19.5 Å². The van der Waals surface area contributed by atoms with Gasteiger partial charge in [0.25, 0.3) is 0 Å². The number of hydrogen-bond acceptors (Lipinski definition) is 2. The van der Waals surface area contributed by atoms with Crippen LogP contribution in [0.3, 0.4) is 0 Å². The topological polar surface area (TPSA) is 26.3 Å². The van der Waals surface area contributed by atoms with Crippen LogP contribution < -0.4 is 0 Å². The third-order valence-electron chi connectivity index (χ3n) is 2.46. The smallest absolute Gasteiger partial charge is 0.120 e. The van der Waals surface area contributed by atoms with E-state index in [-0.39, 0.29) is 0 Å². The summed E-state index contributed by atoms with van der Waals surface area (Å²) in [6.45, 7) is 1.22. The summed E-state index contributed by atoms with van der Waals surface area (Å²) in [4.78, 5) is 10.5. The van der Waals surface area contributed by atoms with E-state index in [1.165, 1.54) is 0 Å². The predicted octanol–water partition coefficient (Wildman–Crippen LogP) is 2.26. The summed E-state index contributed by atoms with van der Waals surface area (Å²) < 4.78 is 5.33.